The van der Waals surface area contributed by atoms with Gasteiger partial charge in [-0.1, -0.05) is 37.6 Å². The maximum Gasteiger partial charge on any atom is 0.133 e. The van der Waals surface area contributed by atoms with Crippen molar-refractivity contribution in [3.63, 3.8) is 0 Å². The summed E-state index contributed by atoms with van der Waals surface area (Å²) < 4.78 is 8.75. The lowest BCUT2D eigenvalue weighted by Gasteiger charge is -2.34. The van der Waals surface area contributed by atoms with Gasteiger partial charge in [0.1, 0.15) is 11.4 Å². The molecule has 23 heavy (non-hydrogen) atoms. The molecule has 1 aliphatic heterocycles. The number of aryl methyl sites for hydroxylation is 2. The molecule has 1 aliphatic rings. The fraction of sp³-hybridized carbons (Fsp3) is 0.450. The van der Waals surface area contributed by atoms with Gasteiger partial charge in [-0.15, -0.1) is 0 Å². The van der Waals surface area contributed by atoms with Gasteiger partial charge in [0.05, 0.1) is 17.4 Å². The summed E-state index contributed by atoms with van der Waals surface area (Å²) in [4.78, 5) is 4.75. The molecule has 0 radical (unpaired) electrons. The maximum atomic E-state index is 6.43. The van der Waals surface area contributed by atoms with Gasteiger partial charge in [0.15, 0.2) is 0 Å². The molecule has 0 atom stereocenters. The molecule has 0 saturated carbocycles. The van der Waals surface area contributed by atoms with Crippen molar-refractivity contribution in [1.29, 1.82) is 0 Å². The van der Waals surface area contributed by atoms with E-state index in [9.17, 15) is 0 Å². The summed E-state index contributed by atoms with van der Waals surface area (Å²) in [5, 5.41) is 2.40. The van der Waals surface area contributed by atoms with E-state index in [1.807, 2.05) is 6.33 Å². The SMILES string of the molecule is CCCCn1cnc2c3ccccc3c3c(c21)CCC(C)(C)O3. The van der Waals surface area contributed by atoms with Crippen molar-refractivity contribution in [2.75, 3.05) is 0 Å². The van der Waals surface area contributed by atoms with Crippen LogP contribution in [0.3, 0.4) is 0 Å². The summed E-state index contributed by atoms with van der Waals surface area (Å²) in [6.07, 6.45) is 6.49. The van der Waals surface area contributed by atoms with Gasteiger partial charge in [-0.3, -0.25) is 0 Å². The maximum absolute atomic E-state index is 6.43. The Morgan fingerprint density at radius 3 is 2.78 bits per heavy atom. The fourth-order valence-corrected chi connectivity index (χ4v) is 3.65. The van der Waals surface area contributed by atoms with E-state index in [0.717, 1.165) is 30.7 Å². The van der Waals surface area contributed by atoms with Gasteiger partial charge in [-0.2, -0.15) is 0 Å². The fourth-order valence-electron chi connectivity index (χ4n) is 3.65. The molecule has 0 aliphatic carbocycles. The Morgan fingerprint density at radius 1 is 1.22 bits per heavy atom. The van der Waals surface area contributed by atoms with Crippen LogP contribution in [0.1, 0.15) is 45.6 Å². The number of aromatic nitrogens is 2. The number of rotatable bonds is 3. The highest BCUT2D eigenvalue weighted by atomic mass is 16.5. The molecule has 0 unspecified atom stereocenters. The summed E-state index contributed by atoms with van der Waals surface area (Å²) >= 11 is 0. The van der Waals surface area contributed by atoms with E-state index in [0.29, 0.717) is 0 Å². The summed E-state index contributed by atoms with van der Waals surface area (Å²) in [5.41, 5.74) is 3.64. The van der Waals surface area contributed by atoms with Crippen LogP contribution in [-0.2, 0) is 13.0 Å². The second kappa shape index (κ2) is 5.26. The molecule has 0 amide bonds. The van der Waals surface area contributed by atoms with Gasteiger partial charge in [0.2, 0.25) is 0 Å². The normalized spacial score (nSPS) is 16.5. The summed E-state index contributed by atoms with van der Waals surface area (Å²) in [7, 11) is 0. The standard InChI is InChI=1S/C20H24N2O/c1-4-5-12-22-13-21-17-14-8-6-7-9-15(14)19-16(18(17)22)10-11-20(2,3)23-19/h6-9,13H,4-5,10-12H2,1-3H3. The van der Waals surface area contributed by atoms with E-state index >= 15 is 0 Å². The highest BCUT2D eigenvalue weighted by molar-refractivity contribution is 6.09. The second-order valence-corrected chi connectivity index (χ2v) is 7.20. The zero-order valence-corrected chi connectivity index (χ0v) is 14.2. The molecule has 2 aromatic carbocycles. The quantitative estimate of drug-likeness (QED) is 0.673. The van der Waals surface area contributed by atoms with E-state index in [1.165, 1.54) is 34.7 Å². The Bertz CT molecular complexity index is 876. The van der Waals surface area contributed by atoms with E-state index in [1.54, 1.807) is 0 Å². The predicted molar refractivity (Wildman–Crippen MR) is 95.2 cm³/mol. The molecule has 1 aromatic heterocycles. The zero-order chi connectivity index (χ0) is 16.0. The zero-order valence-electron chi connectivity index (χ0n) is 14.2. The number of hydrogen-bond donors (Lipinski definition) is 0. The molecule has 0 saturated heterocycles. The first kappa shape index (κ1) is 14.6. The van der Waals surface area contributed by atoms with Crippen molar-refractivity contribution in [3.05, 3.63) is 36.2 Å². The number of hydrogen-bond acceptors (Lipinski definition) is 2. The van der Waals surface area contributed by atoms with Gasteiger partial charge in [-0.05, 0) is 33.1 Å². The van der Waals surface area contributed by atoms with Crippen LogP contribution in [-0.4, -0.2) is 15.2 Å². The molecule has 4 rings (SSSR count). The Kier molecular flexibility index (Phi) is 3.33. The van der Waals surface area contributed by atoms with Crippen LogP contribution in [0.25, 0.3) is 21.8 Å². The van der Waals surface area contributed by atoms with Gasteiger partial charge in [-0.25, -0.2) is 4.98 Å². The summed E-state index contributed by atoms with van der Waals surface area (Å²) in [6, 6.07) is 8.51. The lowest BCUT2D eigenvalue weighted by atomic mass is 9.91. The number of fused-ring (bicyclic) bond motifs is 6. The number of ether oxygens (including phenoxy) is 1. The number of unbranched alkanes of at least 4 members (excludes halogenated alkanes) is 1. The minimum atomic E-state index is -0.0995. The van der Waals surface area contributed by atoms with Gasteiger partial charge < -0.3 is 9.30 Å². The van der Waals surface area contributed by atoms with Crippen molar-refractivity contribution in [3.8, 4) is 5.75 Å². The molecule has 0 spiro atoms. The third kappa shape index (κ3) is 2.30. The Labute approximate surface area is 137 Å². The van der Waals surface area contributed by atoms with Gasteiger partial charge in [0.25, 0.3) is 0 Å². The van der Waals surface area contributed by atoms with Crippen LogP contribution in [0.5, 0.6) is 5.75 Å². The second-order valence-electron chi connectivity index (χ2n) is 7.20. The topological polar surface area (TPSA) is 27.1 Å². The number of imidazole rings is 1. The smallest absolute Gasteiger partial charge is 0.133 e. The van der Waals surface area contributed by atoms with E-state index < -0.39 is 0 Å². The minimum Gasteiger partial charge on any atom is -0.487 e. The summed E-state index contributed by atoms with van der Waals surface area (Å²) in [5.74, 6) is 1.07. The minimum absolute atomic E-state index is 0.0995. The highest BCUT2D eigenvalue weighted by Crippen LogP contribution is 2.43. The highest BCUT2D eigenvalue weighted by Gasteiger charge is 2.30. The molecule has 0 bridgehead atoms. The lowest BCUT2D eigenvalue weighted by Crippen LogP contribution is -2.33. The van der Waals surface area contributed by atoms with E-state index in [2.05, 4.69) is 49.6 Å². The third-order valence-corrected chi connectivity index (χ3v) is 4.93. The van der Waals surface area contributed by atoms with E-state index in [4.69, 9.17) is 9.72 Å². The van der Waals surface area contributed by atoms with Crippen LogP contribution in [0.2, 0.25) is 0 Å². The lowest BCUT2D eigenvalue weighted by molar-refractivity contribution is 0.0873. The van der Waals surface area contributed by atoms with Crippen molar-refractivity contribution in [1.82, 2.24) is 9.55 Å². The molecule has 3 heteroatoms. The van der Waals surface area contributed by atoms with Crippen LogP contribution in [0.15, 0.2) is 30.6 Å². The largest absolute Gasteiger partial charge is 0.487 e. The van der Waals surface area contributed by atoms with Crippen molar-refractivity contribution >= 4 is 21.8 Å². The Morgan fingerprint density at radius 2 is 2.00 bits per heavy atom. The van der Waals surface area contributed by atoms with Gasteiger partial charge in [0, 0.05) is 22.9 Å². The van der Waals surface area contributed by atoms with Crippen LogP contribution >= 0.6 is 0 Å². The molecule has 0 fully saturated rings. The van der Waals surface area contributed by atoms with Crippen molar-refractivity contribution in [2.45, 2.75) is 58.6 Å². The molecular weight excluding hydrogens is 284 g/mol. The van der Waals surface area contributed by atoms with Crippen LogP contribution in [0, 0.1) is 0 Å². The van der Waals surface area contributed by atoms with Crippen molar-refractivity contribution < 1.29 is 4.74 Å². The summed E-state index contributed by atoms with van der Waals surface area (Å²) in [6.45, 7) is 7.63. The Hall–Kier alpha value is -2.03. The van der Waals surface area contributed by atoms with E-state index in [-0.39, 0.29) is 5.60 Å². The first-order chi connectivity index (χ1) is 11.1. The molecule has 2 heterocycles. The third-order valence-electron chi connectivity index (χ3n) is 4.93. The average molecular weight is 308 g/mol. The molecule has 120 valence electrons. The van der Waals surface area contributed by atoms with Crippen LogP contribution in [0.4, 0.5) is 0 Å². The molecule has 0 N–H and O–H groups in total. The number of nitrogens with zero attached hydrogens (tertiary/aromatic N) is 2. The number of benzene rings is 2. The van der Waals surface area contributed by atoms with Crippen LogP contribution < -0.4 is 4.74 Å². The molecular formula is C20H24N2O. The van der Waals surface area contributed by atoms with Crippen molar-refractivity contribution in [2.24, 2.45) is 0 Å². The monoisotopic (exact) mass is 308 g/mol. The predicted octanol–water partition coefficient (Wildman–Crippen LogP) is 5.09. The molecule has 3 aromatic rings. The average Bonchev–Trinajstić information content (AvgIpc) is 2.96. The first-order valence-corrected chi connectivity index (χ1v) is 8.68. The van der Waals surface area contributed by atoms with Gasteiger partial charge >= 0.3 is 0 Å². The Balaban J connectivity index is 2.04. The first-order valence-electron chi connectivity index (χ1n) is 8.68. The molecule has 3 nitrogen and oxygen atoms in total.